The van der Waals surface area contributed by atoms with E-state index in [4.69, 9.17) is 11.6 Å². The van der Waals surface area contributed by atoms with E-state index in [-0.39, 0.29) is 10.8 Å². The first-order valence-corrected chi connectivity index (χ1v) is 14.4. The Morgan fingerprint density at radius 1 is 1.03 bits per heavy atom. The van der Waals surface area contributed by atoms with Crippen molar-refractivity contribution in [3.63, 3.8) is 0 Å². The second-order valence-corrected chi connectivity index (χ2v) is 13.0. The van der Waals surface area contributed by atoms with E-state index >= 15 is 0 Å². The van der Waals surface area contributed by atoms with Crippen molar-refractivity contribution in [1.82, 2.24) is 10.0 Å². The van der Waals surface area contributed by atoms with Crippen LogP contribution in [-0.4, -0.2) is 24.9 Å². The maximum Gasteiger partial charge on any atom is 0.240 e. The number of amides is 1. The fourth-order valence-electron chi connectivity index (χ4n) is 4.14. The van der Waals surface area contributed by atoms with Crippen molar-refractivity contribution in [3.8, 4) is 0 Å². The predicted molar refractivity (Wildman–Crippen MR) is 138 cm³/mol. The third-order valence-electron chi connectivity index (χ3n) is 5.92. The molecule has 4 rings (SSSR count). The molecule has 0 atom stereocenters. The molecular formula is C24H24ClIN2O3S. The molecule has 1 saturated carbocycles. The molecule has 1 aliphatic carbocycles. The molecule has 0 aromatic heterocycles. The van der Waals surface area contributed by atoms with Crippen LogP contribution in [0, 0.1) is 0 Å². The first-order valence-electron chi connectivity index (χ1n) is 10.4. The molecule has 168 valence electrons. The van der Waals surface area contributed by atoms with Crippen molar-refractivity contribution in [3.05, 3.63) is 86.6 Å². The third-order valence-corrected chi connectivity index (χ3v) is 10.4. The van der Waals surface area contributed by atoms with Gasteiger partial charge >= 0.3 is 0 Å². The average Bonchev–Trinajstić information content (AvgIpc) is 3.31. The van der Waals surface area contributed by atoms with Gasteiger partial charge in [0, 0.05) is 8.53 Å². The van der Waals surface area contributed by atoms with Gasteiger partial charge in [0.1, 0.15) is 0 Å². The number of carbonyl (C=O) groups excluding carboxylic acids is 1. The van der Waals surface area contributed by atoms with Crippen LogP contribution in [0.15, 0.2) is 75.4 Å². The topological polar surface area (TPSA) is 75.3 Å². The number of benzene rings is 2. The molecular weight excluding hydrogens is 559 g/mol. The quantitative estimate of drug-likeness (QED) is 0.380. The van der Waals surface area contributed by atoms with Gasteiger partial charge in [-0.3, -0.25) is 4.79 Å². The molecule has 1 amide bonds. The van der Waals surface area contributed by atoms with E-state index in [1.54, 1.807) is 12.1 Å². The summed E-state index contributed by atoms with van der Waals surface area (Å²) in [4.78, 5) is 13.7. The molecule has 1 fully saturated rings. The zero-order valence-electron chi connectivity index (χ0n) is 17.6. The van der Waals surface area contributed by atoms with Gasteiger partial charge < -0.3 is 5.32 Å². The minimum absolute atomic E-state index is 0.0494. The molecule has 0 bridgehead atoms. The van der Waals surface area contributed by atoms with Crippen LogP contribution in [0.3, 0.4) is 0 Å². The number of rotatable bonds is 6. The predicted octanol–water partition coefficient (Wildman–Crippen LogP) is 4.78. The fourth-order valence-corrected chi connectivity index (χ4v) is 7.45. The van der Waals surface area contributed by atoms with Gasteiger partial charge in [0.25, 0.3) is 0 Å². The zero-order valence-corrected chi connectivity index (χ0v) is 21.3. The highest BCUT2D eigenvalue weighted by Crippen LogP contribution is 2.42. The SMILES string of the molecule is CNS(=O)(=O)c1ccc(C2=IC(NC(=O)C3(c4ccc(Cl)cc4)CCCC3)=CC=C2)cc1. The summed E-state index contributed by atoms with van der Waals surface area (Å²) in [6, 6.07) is 14.5. The van der Waals surface area contributed by atoms with Crippen molar-refractivity contribution < 1.29 is 13.2 Å². The molecule has 2 aromatic carbocycles. The first-order chi connectivity index (χ1) is 15.3. The summed E-state index contributed by atoms with van der Waals surface area (Å²) in [7, 11) is -2.07. The first kappa shape index (κ1) is 23.4. The maximum absolute atomic E-state index is 13.5. The lowest BCUT2D eigenvalue weighted by Gasteiger charge is -2.28. The molecule has 0 unspecified atom stereocenters. The van der Waals surface area contributed by atoms with Gasteiger partial charge in [0.15, 0.2) is 0 Å². The maximum atomic E-state index is 13.5. The van der Waals surface area contributed by atoms with Crippen molar-refractivity contribution >= 4 is 51.8 Å². The fraction of sp³-hybridized carbons (Fsp3) is 0.250. The third kappa shape index (κ3) is 4.76. The lowest BCUT2D eigenvalue weighted by Crippen LogP contribution is -2.41. The second-order valence-electron chi connectivity index (χ2n) is 7.80. The van der Waals surface area contributed by atoms with Crippen LogP contribution in [0.5, 0.6) is 0 Å². The second kappa shape index (κ2) is 9.59. The minimum Gasteiger partial charge on any atom is -0.321 e. The minimum atomic E-state index is -3.46. The molecule has 1 aliphatic heterocycles. The van der Waals surface area contributed by atoms with E-state index in [1.807, 2.05) is 54.6 Å². The summed E-state index contributed by atoms with van der Waals surface area (Å²) < 4.78 is 28.3. The summed E-state index contributed by atoms with van der Waals surface area (Å²) in [5, 5.41) is 3.89. The summed E-state index contributed by atoms with van der Waals surface area (Å²) in [6.07, 6.45) is 9.68. The van der Waals surface area contributed by atoms with Crippen molar-refractivity contribution in [2.24, 2.45) is 0 Å². The van der Waals surface area contributed by atoms with Crippen LogP contribution in [0.4, 0.5) is 0 Å². The van der Waals surface area contributed by atoms with Crippen LogP contribution in [0.25, 0.3) is 0 Å². The number of hydrogen-bond acceptors (Lipinski definition) is 3. The van der Waals surface area contributed by atoms with Crippen LogP contribution >= 0.6 is 32.3 Å². The Bertz CT molecular complexity index is 1210. The Labute approximate surface area is 203 Å². The molecule has 0 saturated heterocycles. The zero-order chi connectivity index (χ0) is 22.8. The molecule has 2 aromatic rings. The molecule has 5 nitrogen and oxygen atoms in total. The Morgan fingerprint density at radius 2 is 1.69 bits per heavy atom. The number of nitrogens with one attached hydrogen (secondary N) is 2. The van der Waals surface area contributed by atoms with E-state index in [9.17, 15) is 13.2 Å². The molecule has 32 heavy (non-hydrogen) atoms. The van der Waals surface area contributed by atoms with Crippen LogP contribution in [0.1, 0.15) is 36.8 Å². The number of hydrogen-bond donors (Lipinski definition) is 2. The number of sulfonamides is 1. The Morgan fingerprint density at radius 3 is 2.31 bits per heavy atom. The smallest absolute Gasteiger partial charge is 0.240 e. The number of carbonyl (C=O) groups is 1. The van der Waals surface area contributed by atoms with Gasteiger partial charge in [0.2, 0.25) is 15.9 Å². The van der Waals surface area contributed by atoms with Gasteiger partial charge in [0.05, 0.1) is 14.0 Å². The van der Waals surface area contributed by atoms with Crippen molar-refractivity contribution in [1.29, 1.82) is 0 Å². The summed E-state index contributed by atoms with van der Waals surface area (Å²) in [6.45, 7) is 0. The molecule has 2 aliphatic rings. The molecule has 0 spiro atoms. The van der Waals surface area contributed by atoms with E-state index < -0.39 is 36.2 Å². The van der Waals surface area contributed by atoms with Gasteiger partial charge in [-0.15, -0.1) is 0 Å². The highest BCUT2D eigenvalue weighted by Gasteiger charge is 2.42. The van der Waals surface area contributed by atoms with Gasteiger partial charge in [-0.05, 0) is 67.4 Å². The van der Waals surface area contributed by atoms with E-state index in [0.29, 0.717) is 5.02 Å². The van der Waals surface area contributed by atoms with Crippen molar-refractivity contribution in [2.45, 2.75) is 36.0 Å². The average molecular weight is 583 g/mol. The Hall–Kier alpha value is -1.81. The normalized spacial score (nSPS) is 17.8. The van der Waals surface area contributed by atoms with Crippen molar-refractivity contribution in [2.75, 3.05) is 7.05 Å². The summed E-state index contributed by atoms with van der Waals surface area (Å²) in [5.74, 6) is 0.0494. The van der Waals surface area contributed by atoms with Gasteiger partial charge in [-0.2, -0.15) is 0 Å². The van der Waals surface area contributed by atoms with E-state index in [1.165, 1.54) is 7.05 Å². The Balaban J connectivity index is 1.56. The molecule has 8 heteroatoms. The number of halogens is 2. The molecule has 0 radical (unpaired) electrons. The highest BCUT2D eigenvalue weighted by atomic mass is 127. The monoisotopic (exact) mass is 582 g/mol. The summed E-state index contributed by atoms with van der Waals surface area (Å²) in [5.41, 5.74) is 1.48. The lowest BCUT2D eigenvalue weighted by molar-refractivity contribution is -0.125. The largest absolute Gasteiger partial charge is 0.321 e. The van der Waals surface area contributed by atoms with Crippen LogP contribution < -0.4 is 10.0 Å². The van der Waals surface area contributed by atoms with E-state index in [2.05, 4.69) is 10.0 Å². The molecule has 2 N–H and O–H groups in total. The lowest BCUT2D eigenvalue weighted by atomic mass is 9.78. The van der Waals surface area contributed by atoms with Crippen LogP contribution in [0.2, 0.25) is 5.02 Å². The van der Waals surface area contributed by atoms with Gasteiger partial charge in [-0.25, -0.2) is 13.1 Å². The van der Waals surface area contributed by atoms with Crippen LogP contribution in [-0.2, 0) is 20.2 Å². The van der Waals surface area contributed by atoms with Gasteiger partial charge in [-0.1, -0.05) is 75.5 Å². The Kier molecular flexibility index (Phi) is 7.00. The standard InChI is InChI=1S/C24H24ClIN2O3S/c1-27-32(30,31)20-13-7-17(8-14-20)21-5-4-6-22(26-21)28-23(29)24(15-2-3-16-24)18-9-11-19(25)12-10-18/h4-14,27H,2-3,15-16H2,1H3,(H,28,29). The number of allylic oxidation sites excluding steroid dienone is 3. The summed E-state index contributed by atoms with van der Waals surface area (Å²) >= 11 is 5.45. The highest BCUT2D eigenvalue weighted by molar-refractivity contribution is 14.2. The molecule has 1 heterocycles. The van der Waals surface area contributed by atoms with E-state index in [0.717, 1.165) is 44.0 Å².